The minimum absolute atomic E-state index is 0. The monoisotopic (exact) mass is 380 g/mol. The van der Waals surface area contributed by atoms with Gasteiger partial charge in [-0.25, -0.2) is 0 Å². The third-order valence-corrected chi connectivity index (χ3v) is 3.68. The van der Waals surface area contributed by atoms with Gasteiger partial charge in [0.2, 0.25) is 0 Å². The van der Waals surface area contributed by atoms with Gasteiger partial charge in [-0.2, -0.15) is 0 Å². The van der Waals surface area contributed by atoms with Crippen molar-refractivity contribution in [3.63, 3.8) is 0 Å². The summed E-state index contributed by atoms with van der Waals surface area (Å²) in [6, 6.07) is 10.2. The van der Waals surface area contributed by atoms with Crippen LogP contribution in [0.25, 0.3) is 0 Å². The number of hydrogen-bond acceptors (Lipinski definition) is 5. The number of phenolic OH excluding ortho intramolecular Hbond substituents is 2. The van der Waals surface area contributed by atoms with Gasteiger partial charge in [-0.15, -0.1) is 0 Å². The minimum Gasteiger partial charge on any atom is -0.508 e. The molecule has 0 aliphatic rings. The fourth-order valence-electron chi connectivity index (χ4n) is 2.60. The van der Waals surface area contributed by atoms with Crippen molar-refractivity contribution >= 4 is 0 Å². The van der Waals surface area contributed by atoms with Crippen LogP contribution in [0.15, 0.2) is 36.4 Å². The average Bonchev–Trinajstić information content (AvgIpc) is 2.53. The lowest BCUT2D eigenvalue weighted by Gasteiger charge is -2.21. The third-order valence-electron chi connectivity index (χ3n) is 3.68. The van der Waals surface area contributed by atoms with E-state index in [2.05, 4.69) is 0 Å². The molecule has 0 spiro atoms. The van der Waals surface area contributed by atoms with Crippen LogP contribution in [-0.2, 0) is 5.60 Å². The number of aliphatic hydroxyl groups is 1. The SMILES string of the molecule is C.C.COc1cccc(O)c1C(C)(C)O.COc1cccc(O)c1C(C)C. The number of methoxy groups -OCH3 is 2. The fraction of sp³-hybridized carbons (Fsp3) is 0.455. The van der Waals surface area contributed by atoms with E-state index in [1.54, 1.807) is 45.2 Å². The lowest BCUT2D eigenvalue weighted by molar-refractivity contribution is 0.0728. The molecule has 0 fully saturated rings. The normalized spacial score (nSPS) is 10.1. The highest BCUT2D eigenvalue weighted by Crippen LogP contribution is 2.36. The zero-order chi connectivity index (χ0) is 19.2. The molecule has 0 saturated carbocycles. The summed E-state index contributed by atoms with van der Waals surface area (Å²) in [6.07, 6.45) is 0. The predicted molar refractivity (Wildman–Crippen MR) is 112 cm³/mol. The number of hydrogen-bond donors (Lipinski definition) is 3. The fourth-order valence-corrected chi connectivity index (χ4v) is 2.60. The number of aromatic hydroxyl groups is 2. The summed E-state index contributed by atoms with van der Waals surface area (Å²) in [5.74, 6) is 1.88. The van der Waals surface area contributed by atoms with Gasteiger partial charge in [0.25, 0.3) is 0 Å². The summed E-state index contributed by atoms with van der Waals surface area (Å²) in [5, 5.41) is 28.8. The van der Waals surface area contributed by atoms with Gasteiger partial charge in [0.1, 0.15) is 23.0 Å². The molecular formula is C22H36O5. The topological polar surface area (TPSA) is 79.2 Å². The van der Waals surface area contributed by atoms with E-state index >= 15 is 0 Å². The molecule has 0 radical (unpaired) electrons. The zero-order valence-electron chi connectivity index (χ0n) is 15.7. The molecule has 0 unspecified atom stereocenters. The van der Waals surface area contributed by atoms with Gasteiger partial charge in [0.15, 0.2) is 0 Å². The van der Waals surface area contributed by atoms with Gasteiger partial charge in [-0.1, -0.05) is 40.8 Å². The zero-order valence-corrected chi connectivity index (χ0v) is 15.7. The van der Waals surface area contributed by atoms with Gasteiger partial charge in [-0.3, -0.25) is 0 Å². The molecule has 27 heavy (non-hydrogen) atoms. The molecule has 2 aromatic carbocycles. The van der Waals surface area contributed by atoms with Crippen LogP contribution >= 0.6 is 0 Å². The van der Waals surface area contributed by atoms with E-state index in [-0.39, 0.29) is 26.5 Å². The molecule has 0 aliphatic carbocycles. The van der Waals surface area contributed by atoms with Crippen LogP contribution in [0.3, 0.4) is 0 Å². The quantitative estimate of drug-likeness (QED) is 0.659. The lowest BCUT2D eigenvalue weighted by atomic mass is 9.96. The van der Waals surface area contributed by atoms with E-state index < -0.39 is 5.60 Å². The molecule has 2 rings (SSSR count). The smallest absolute Gasteiger partial charge is 0.128 e. The van der Waals surface area contributed by atoms with Crippen molar-refractivity contribution in [3.8, 4) is 23.0 Å². The molecule has 0 bridgehead atoms. The molecule has 2 aromatic rings. The second-order valence-corrected chi connectivity index (χ2v) is 6.46. The number of ether oxygens (including phenoxy) is 2. The van der Waals surface area contributed by atoms with E-state index in [1.807, 2.05) is 19.9 Å². The Hall–Kier alpha value is -2.40. The summed E-state index contributed by atoms with van der Waals surface area (Å²) in [5.41, 5.74) is 0.189. The van der Waals surface area contributed by atoms with Gasteiger partial charge in [-0.05, 0) is 44.0 Å². The molecule has 0 amide bonds. The van der Waals surface area contributed by atoms with Crippen LogP contribution < -0.4 is 9.47 Å². The van der Waals surface area contributed by atoms with Crippen molar-refractivity contribution in [2.45, 2.75) is 54.1 Å². The van der Waals surface area contributed by atoms with E-state index in [0.717, 1.165) is 11.3 Å². The number of rotatable bonds is 4. The molecule has 5 nitrogen and oxygen atoms in total. The minimum atomic E-state index is -1.10. The first-order valence-corrected chi connectivity index (χ1v) is 8.08. The van der Waals surface area contributed by atoms with Gasteiger partial charge in [0.05, 0.1) is 25.4 Å². The average molecular weight is 381 g/mol. The molecular weight excluding hydrogens is 344 g/mol. The van der Waals surface area contributed by atoms with Crippen molar-refractivity contribution < 1.29 is 24.8 Å². The third kappa shape index (κ3) is 7.02. The van der Waals surface area contributed by atoms with E-state index in [0.29, 0.717) is 17.1 Å². The van der Waals surface area contributed by atoms with E-state index in [9.17, 15) is 15.3 Å². The van der Waals surface area contributed by atoms with Crippen molar-refractivity contribution in [1.29, 1.82) is 0 Å². The Morgan fingerprint density at radius 3 is 1.59 bits per heavy atom. The van der Waals surface area contributed by atoms with Crippen LogP contribution in [0, 0.1) is 0 Å². The molecule has 5 heteroatoms. The maximum Gasteiger partial charge on any atom is 0.128 e. The first-order valence-electron chi connectivity index (χ1n) is 8.08. The Morgan fingerprint density at radius 2 is 1.26 bits per heavy atom. The Bertz CT molecular complexity index is 688. The Labute approximate surface area is 164 Å². The van der Waals surface area contributed by atoms with Crippen LogP contribution in [0.1, 0.15) is 59.6 Å². The van der Waals surface area contributed by atoms with Crippen LogP contribution in [0.2, 0.25) is 0 Å². The number of phenols is 2. The highest BCUT2D eigenvalue weighted by molar-refractivity contribution is 5.47. The summed E-state index contributed by atoms with van der Waals surface area (Å²) in [4.78, 5) is 0. The van der Waals surface area contributed by atoms with Gasteiger partial charge in [0, 0.05) is 5.56 Å². The Kier molecular flexibility index (Phi) is 11.3. The molecule has 0 aromatic heterocycles. The Morgan fingerprint density at radius 1 is 0.815 bits per heavy atom. The highest BCUT2D eigenvalue weighted by atomic mass is 16.5. The summed E-state index contributed by atoms with van der Waals surface area (Å²) >= 11 is 0. The molecule has 0 heterocycles. The first kappa shape index (κ1) is 26.8. The first-order chi connectivity index (χ1) is 11.6. The van der Waals surface area contributed by atoms with Crippen LogP contribution in [0.5, 0.6) is 23.0 Å². The predicted octanol–water partition coefficient (Wildman–Crippen LogP) is 5.42. The van der Waals surface area contributed by atoms with Crippen LogP contribution in [-0.4, -0.2) is 29.5 Å². The largest absolute Gasteiger partial charge is 0.508 e. The van der Waals surface area contributed by atoms with E-state index in [1.165, 1.54) is 13.2 Å². The maximum absolute atomic E-state index is 9.74. The summed E-state index contributed by atoms with van der Waals surface area (Å²) in [7, 11) is 3.12. The molecule has 3 N–H and O–H groups in total. The highest BCUT2D eigenvalue weighted by Gasteiger charge is 2.24. The van der Waals surface area contributed by atoms with E-state index in [4.69, 9.17) is 9.47 Å². The van der Waals surface area contributed by atoms with Crippen molar-refractivity contribution in [3.05, 3.63) is 47.5 Å². The molecule has 0 aliphatic heterocycles. The number of benzene rings is 2. The maximum atomic E-state index is 9.74. The van der Waals surface area contributed by atoms with Crippen molar-refractivity contribution in [2.24, 2.45) is 0 Å². The lowest BCUT2D eigenvalue weighted by Crippen LogP contribution is -2.16. The van der Waals surface area contributed by atoms with Gasteiger partial charge >= 0.3 is 0 Å². The summed E-state index contributed by atoms with van der Waals surface area (Å²) < 4.78 is 10.2. The second-order valence-electron chi connectivity index (χ2n) is 6.46. The molecule has 154 valence electrons. The van der Waals surface area contributed by atoms with Crippen LogP contribution in [0.4, 0.5) is 0 Å². The summed E-state index contributed by atoms with van der Waals surface area (Å²) in [6.45, 7) is 7.25. The second kappa shape index (κ2) is 11.3. The Balaban J connectivity index is 0. The molecule has 0 saturated heterocycles. The van der Waals surface area contributed by atoms with Crippen molar-refractivity contribution in [1.82, 2.24) is 0 Å². The standard InChI is InChI=1S/C10H14O3.C10H14O2.2CH4/c1-10(2,12)9-7(11)5-4-6-8(9)13-3;1-7(2)10-8(11)5-4-6-9(10)12-3;;/h4-6,11-12H,1-3H3;4-7,11H,1-3H3;2*1H4. The van der Waals surface area contributed by atoms with Gasteiger partial charge < -0.3 is 24.8 Å². The molecule has 0 atom stereocenters. The van der Waals surface area contributed by atoms with Crippen molar-refractivity contribution in [2.75, 3.05) is 14.2 Å².